The van der Waals surface area contributed by atoms with Gasteiger partial charge in [-0.25, -0.2) is 4.79 Å². The zero-order valence-corrected chi connectivity index (χ0v) is 13.3. The number of hydrogen-bond donors (Lipinski definition) is 1. The molecule has 3 rings (SSSR count). The van der Waals surface area contributed by atoms with E-state index in [1.165, 1.54) is 4.90 Å². The molecule has 1 aromatic rings. The summed E-state index contributed by atoms with van der Waals surface area (Å²) in [6, 6.07) is 7.39. The van der Waals surface area contributed by atoms with E-state index >= 15 is 0 Å². The van der Waals surface area contributed by atoms with Crippen molar-refractivity contribution in [1.29, 1.82) is 0 Å². The maximum absolute atomic E-state index is 12.3. The Labute approximate surface area is 139 Å². The van der Waals surface area contributed by atoms with Gasteiger partial charge in [0.15, 0.2) is 6.10 Å². The Bertz CT molecular complexity index is 643. The molecule has 1 aromatic carbocycles. The van der Waals surface area contributed by atoms with Crippen LogP contribution in [0.4, 0.5) is 5.69 Å². The Morgan fingerprint density at radius 1 is 1.21 bits per heavy atom. The van der Waals surface area contributed by atoms with Crippen LogP contribution in [0, 0.1) is 0 Å². The standard InChI is InChI=1S/C17H20N2O5/c20-15-2-1-7-19(15)13-5-3-12(4-6-13)10-16(21)18-8-9-24-14(11-18)17(22)23/h3-6,14H,1-2,7-11H2,(H,22,23)/t14-/m0/s1. The predicted octanol–water partition coefficient (Wildman–Crippen LogP) is 0.668. The molecular weight excluding hydrogens is 312 g/mol. The highest BCUT2D eigenvalue weighted by molar-refractivity contribution is 5.95. The number of carboxylic acid groups (broad SMARTS) is 1. The van der Waals surface area contributed by atoms with Gasteiger partial charge in [0, 0.05) is 25.2 Å². The largest absolute Gasteiger partial charge is 0.479 e. The second kappa shape index (κ2) is 7.00. The first kappa shape index (κ1) is 16.4. The number of benzene rings is 1. The third-order valence-corrected chi connectivity index (χ3v) is 4.37. The summed E-state index contributed by atoms with van der Waals surface area (Å²) in [6.45, 7) is 1.46. The molecule has 1 atom stereocenters. The summed E-state index contributed by atoms with van der Waals surface area (Å²) in [4.78, 5) is 38.3. The summed E-state index contributed by atoms with van der Waals surface area (Å²) in [5.41, 5.74) is 1.69. The molecule has 24 heavy (non-hydrogen) atoms. The third kappa shape index (κ3) is 3.56. The number of aliphatic carboxylic acids is 1. The molecule has 0 bridgehead atoms. The van der Waals surface area contributed by atoms with Gasteiger partial charge in [0.1, 0.15) is 0 Å². The number of amides is 2. The lowest BCUT2D eigenvalue weighted by atomic mass is 10.1. The first-order valence-corrected chi connectivity index (χ1v) is 8.06. The minimum absolute atomic E-state index is 0.0779. The fraction of sp³-hybridized carbons (Fsp3) is 0.471. The van der Waals surface area contributed by atoms with Gasteiger partial charge in [0.25, 0.3) is 0 Å². The van der Waals surface area contributed by atoms with Gasteiger partial charge >= 0.3 is 5.97 Å². The summed E-state index contributed by atoms with van der Waals surface area (Å²) in [7, 11) is 0. The van der Waals surface area contributed by atoms with E-state index < -0.39 is 12.1 Å². The van der Waals surface area contributed by atoms with Gasteiger partial charge < -0.3 is 19.6 Å². The van der Waals surface area contributed by atoms with Gasteiger partial charge in [0.2, 0.25) is 11.8 Å². The lowest BCUT2D eigenvalue weighted by Gasteiger charge is -2.31. The fourth-order valence-electron chi connectivity index (χ4n) is 3.03. The highest BCUT2D eigenvalue weighted by Crippen LogP contribution is 2.22. The predicted molar refractivity (Wildman–Crippen MR) is 85.7 cm³/mol. The maximum Gasteiger partial charge on any atom is 0.334 e. The van der Waals surface area contributed by atoms with Crippen molar-refractivity contribution >= 4 is 23.5 Å². The van der Waals surface area contributed by atoms with Gasteiger partial charge in [0.05, 0.1) is 19.6 Å². The molecule has 2 aliphatic heterocycles. The van der Waals surface area contributed by atoms with E-state index in [1.54, 1.807) is 4.90 Å². The highest BCUT2D eigenvalue weighted by atomic mass is 16.5. The molecule has 7 nitrogen and oxygen atoms in total. The molecule has 1 N–H and O–H groups in total. The average Bonchev–Trinajstić information content (AvgIpc) is 3.01. The Morgan fingerprint density at radius 2 is 1.96 bits per heavy atom. The van der Waals surface area contributed by atoms with Gasteiger partial charge in [-0.1, -0.05) is 12.1 Å². The molecule has 128 valence electrons. The van der Waals surface area contributed by atoms with Crippen molar-refractivity contribution in [2.75, 3.05) is 31.1 Å². The van der Waals surface area contributed by atoms with Crippen LogP contribution in [0.2, 0.25) is 0 Å². The van der Waals surface area contributed by atoms with Crippen LogP contribution in [0.1, 0.15) is 18.4 Å². The minimum Gasteiger partial charge on any atom is -0.479 e. The molecule has 7 heteroatoms. The van der Waals surface area contributed by atoms with Crippen LogP contribution < -0.4 is 4.90 Å². The Kier molecular flexibility index (Phi) is 4.80. The van der Waals surface area contributed by atoms with Gasteiger partial charge in [-0.15, -0.1) is 0 Å². The van der Waals surface area contributed by atoms with Gasteiger partial charge in [-0.2, -0.15) is 0 Å². The second-order valence-corrected chi connectivity index (χ2v) is 6.03. The fourth-order valence-corrected chi connectivity index (χ4v) is 3.03. The van der Waals surface area contributed by atoms with E-state index in [9.17, 15) is 14.4 Å². The van der Waals surface area contributed by atoms with Crippen molar-refractivity contribution < 1.29 is 24.2 Å². The number of ether oxygens (including phenoxy) is 1. The summed E-state index contributed by atoms with van der Waals surface area (Å²) in [6.07, 6.45) is 0.718. The minimum atomic E-state index is -1.05. The average molecular weight is 332 g/mol. The Morgan fingerprint density at radius 3 is 2.58 bits per heavy atom. The van der Waals surface area contributed by atoms with Crippen LogP contribution in [0.15, 0.2) is 24.3 Å². The number of rotatable bonds is 4. The number of carbonyl (C=O) groups excluding carboxylic acids is 2. The first-order valence-electron chi connectivity index (χ1n) is 8.06. The maximum atomic E-state index is 12.3. The lowest BCUT2D eigenvalue weighted by molar-refractivity contribution is -0.159. The number of carbonyl (C=O) groups is 3. The van der Waals surface area contributed by atoms with E-state index in [0.29, 0.717) is 13.0 Å². The summed E-state index contributed by atoms with van der Waals surface area (Å²) < 4.78 is 5.12. The quantitative estimate of drug-likeness (QED) is 0.875. The van der Waals surface area contributed by atoms with Crippen LogP contribution in [-0.4, -0.2) is 60.1 Å². The monoisotopic (exact) mass is 332 g/mol. The topological polar surface area (TPSA) is 87.2 Å². The molecule has 2 amide bonds. The van der Waals surface area contributed by atoms with Gasteiger partial charge in [-0.3, -0.25) is 9.59 Å². The van der Waals surface area contributed by atoms with Crippen molar-refractivity contribution in [2.45, 2.75) is 25.4 Å². The number of hydrogen-bond acceptors (Lipinski definition) is 4. The normalized spacial score (nSPS) is 21.2. The summed E-state index contributed by atoms with van der Waals surface area (Å²) in [5, 5.41) is 8.99. The van der Waals surface area contributed by atoms with E-state index in [1.807, 2.05) is 24.3 Å². The number of nitrogens with zero attached hydrogens (tertiary/aromatic N) is 2. The van der Waals surface area contributed by atoms with Crippen LogP contribution in [0.5, 0.6) is 0 Å². The molecular formula is C17H20N2O5. The zero-order chi connectivity index (χ0) is 17.1. The second-order valence-electron chi connectivity index (χ2n) is 6.03. The summed E-state index contributed by atoms with van der Waals surface area (Å²) >= 11 is 0. The van der Waals surface area contributed by atoms with Crippen molar-refractivity contribution in [2.24, 2.45) is 0 Å². The third-order valence-electron chi connectivity index (χ3n) is 4.37. The Balaban J connectivity index is 1.60. The molecule has 2 aliphatic rings. The van der Waals surface area contributed by atoms with Crippen molar-refractivity contribution in [3.8, 4) is 0 Å². The number of morpholine rings is 1. The molecule has 0 unspecified atom stereocenters. The molecule has 0 spiro atoms. The molecule has 0 saturated carbocycles. The number of anilines is 1. The highest BCUT2D eigenvalue weighted by Gasteiger charge is 2.29. The molecule has 2 saturated heterocycles. The van der Waals surface area contributed by atoms with Crippen LogP contribution in [0.3, 0.4) is 0 Å². The Hall–Kier alpha value is -2.41. The van der Waals surface area contributed by atoms with E-state index in [0.717, 1.165) is 24.2 Å². The summed E-state index contributed by atoms with van der Waals surface area (Å²) in [5.74, 6) is -1.03. The van der Waals surface area contributed by atoms with Crippen LogP contribution in [-0.2, 0) is 25.5 Å². The van der Waals surface area contributed by atoms with Crippen LogP contribution >= 0.6 is 0 Å². The molecule has 0 radical (unpaired) electrons. The van der Waals surface area contributed by atoms with Gasteiger partial charge in [-0.05, 0) is 24.1 Å². The first-order chi connectivity index (χ1) is 11.5. The number of carboxylic acids is 1. The van der Waals surface area contributed by atoms with Crippen molar-refractivity contribution in [3.05, 3.63) is 29.8 Å². The van der Waals surface area contributed by atoms with Crippen LogP contribution in [0.25, 0.3) is 0 Å². The van der Waals surface area contributed by atoms with E-state index in [-0.39, 0.29) is 31.4 Å². The molecule has 2 heterocycles. The molecule has 0 aromatic heterocycles. The van der Waals surface area contributed by atoms with Crippen molar-refractivity contribution in [3.63, 3.8) is 0 Å². The van der Waals surface area contributed by atoms with Crippen molar-refractivity contribution in [1.82, 2.24) is 4.90 Å². The van der Waals surface area contributed by atoms with E-state index in [4.69, 9.17) is 9.84 Å². The molecule has 0 aliphatic carbocycles. The SMILES string of the molecule is O=C(O)[C@@H]1CN(C(=O)Cc2ccc(N3CCCC3=O)cc2)CCO1. The zero-order valence-electron chi connectivity index (χ0n) is 13.3. The molecule has 2 fully saturated rings. The lowest BCUT2D eigenvalue weighted by Crippen LogP contribution is -2.49. The van der Waals surface area contributed by atoms with E-state index in [2.05, 4.69) is 0 Å². The smallest absolute Gasteiger partial charge is 0.334 e.